The van der Waals surface area contributed by atoms with Crippen molar-refractivity contribution in [1.29, 1.82) is 0 Å². The number of hydrogen-bond donors (Lipinski definition) is 1. The first-order valence-electron chi connectivity index (χ1n) is 10.3. The Labute approximate surface area is 174 Å². The van der Waals surface area contributed by atoms with Crippen molar-refractivity contribution >= 4 is 5.69 Å². The zero-order valence-electron chi connectivity index (χ0n) is 17.0. The molecule has 0 saturated heterocycles. The van der Waals surface area contributed by atoms with Crippen LogP contribution in [0.25, 0.3) is 0 Å². The van der Waals surface area contributed by atoms with Gasteiger partial charge in [0.2, 0.25) is 0 Å². The van der Waals surface area contributed by atoms with E-state index in [1.165, 1.54) is 16.7 Å². The van der Waals surface area contributed by atoms with E-state index < -0.39 is 0 Å². The molecular formula is C27H28N2. The highest BCUT2D eigenvalue weighted by Gasteiger charge is 2.28. The topological polar surface area (TPSA) is 29.3 Å². The minimum Gasteiger partial charge on any atom is -0.400 e. The molecular weight excluding hydrogens is 352 g/mol. The Balaban J connectivity index is 1.83. The van der Waals surface area contributed by atoms with Gasteiger partial charge in [-0.3, -0.25) is 0 Å². The molecule has 29 heavy (non-hydrogen) atoms. The van der Waals surface area contributed by atoms with E-state index in [4.69, 9.17) is 5.73 Å². The average Bonchev–Trinajstić information content (AvgIpc) is 2.76. The number of nitrogens with zero attached hydrogens (tertiary/aromatic N) is 1. The predicted octanol–water partition coefficient (Wildman–Crippen LogP) is 6.59. The van der Waals surface area contributed by atoms with Gasteiger partial charge in [-0.1, -0.05) is 73.3 Å². The molecule has 0 aromatic heterocycles. The third-order valence-corrected chi connectivity index (χ3v) is 5.64. The Hall–Kier alpha value is -3.26. The molecule has 2 N–H and O–H groups in total. The van der Waals surface area contributed by atoms with Gasteiger partial charge in [-0.15, -0.1) is 0 Å². The van der Waals surface area contributed by atoms with E-state index in [-0.39, 0.29) is 5.92 Å². The summed E-state index contributed by atoms with van der Waals surface area (Å²) in [5.74, 6) is 0.278. The molecule has 0 bridgehead atoms. The Morgan fingerprint density at radius 3 is 2.34 bits per heavy atom. The molecule has 2 aromatic carbocycles. The first-order chi connectivity index (χ1) is 14.1. The molecule has 2 nitrogen and oxygen atoms in total. The quantitative estimate of drug-likeness (QED) is 0.634. The van der Waals surface area contributed by atoms with Crippen LogP contribution < -0.4 is 10.6 Å². The van der Waals surface area contributed by atoms with E-state index >= 15 is 0 Å². The number of hydrogen-bond acceptors (Lipinski definition) is 2. The lowest BCUT2D eigenvalue weighted by Gasteiger charge is -2.34. The molecule has 0 aliphatic heterocycles. The highest BCUT2D eigenvalue weighted by molar-refractivity contribution is 5.64. The third kappa shape index (κ3) is 3.97. The number of para-hydroxylation sites is 1. The molecule has 0 fully saturated rings. The minimum absolute atomic E-state index is 0.278. The number of allylic oxidation sites excluding steroid dienone is 8. The second-order valence-electron chi connectivity index (χ2n) is 7.74. The summed E-state index contributed by atoms with van der Waals surface area (Å²) in [7, 11) is 0. The molecule has 2 aliphatic rings. The number of anilines is 1. The van der Waals surface area contributed by atoms with E-state index in [0.29, 0.717) is 0 Å². The van der Waals surface area contributed by atoms with Crippen molar-refractivity contribution in [3.8, 4) is 0 Å². The second-order valence-corrected chi connectivity index (χ2v) is 7.74. The van der Waals surface area contributed by atoms with Crippen molar-refractivity contribution in [2.45, 2.75) is 32.1 Å². The van der Waals surface area contributed by atoms with Gasteiger partial charge >= 0.3 is 0 Å². The van der Waals surface area contributed by atoms with E-state index in [0.717, 1.165) is 42.0 Å². The summed E-state index contributed by atoms with van der Waals surface area (Å²) in [4.78, 5) is 2.18. The molecule has 146 valence electrons. The van der Waals surface area contributed by atoms with Crippen LogP contribution in [0.3, 0.4) is 0 Å². The van der Waals surface area contributed by atoms with Crippen molar-refractivity contribution in [2.75, 3.05) is 4.90 Å². The average molecular weight is 381 g/mol. The molecule has 0 saturated carbocycles. The SMILES string of the molecule is C=C(C)N(C1=C(N)CC(c2ccccc2)C(C2=CC=CCC2)=C1)c1ccccc1. The van der Waals surface area contributed by atoms with Crippen molar-refractivity contribution in [3.63, 3.8) is 0 Å². The molecule has 2 aliphatic carbocycles. The minimum atomic E-state index is 0.278. The molecule has 0 heterocycles. The van der Waals surface area contributed by atoms with Crippen LogP contribution in [0.15, 0.2) is 120 Å². The summed E-state index contributed by atoms with van der Waals surface area (Å²) in [6, 6.07) is 21.1. The van der Waals surface area contributed by atoms with E-state index in [2.05, 4.69) is 90.4 Å². The summed E-state index contributed by atoms with van der Waals surface area (Å²) in [6.45, 7) is 6.27. The van der Waals surface area contributed by atoms with Crippen LogP contribution in [0.2, 0.25) is 0 Å². The fraction of sp³-hybridized carbons (Fsp3) is 0.185. The van der Waals surface area contributed by atoms with Gasteiger partial charge in [-0.25, -0.2) is 0 Å². The largest absolute Gasteiger partial charge is 0.400 e. The molecule has 0 amide bonds. The van der Waals surface area contributed by atoms with Gasteiger partial charge in [0.1, 0.15) is 0 Å². The highest BCUT2D eigenvalue weighted by Crippen LogP contribution is 2.42. The van der Waals surface area contributed by atoms with Crippen molar-refractivity contribution < 1.29 is 0 Å². The Kier molecular flexibility index (Phi) is 5.53. The van der Waals surface area contributed by atoms with E-state index in [1.807, 2.05) is 13.0 Å². The summed E-state index contributed by atoms with van der Waals surface area (Å²) in [5.41, 5.74) is 14.8. The van der Waals surface area contributed by atoms with Gasteiger partial charge < -0.3 is 10.6 Å². The van der Waals surface area contributed by atoms with E-state index in [9.17, 15) is 0 Å². The third-order valence-electron chi connectivity index (χ3n) is 5.64. The maximum Gasteiger partial charge on any atom is 0.0648 e. The monoisotopic (exact) mass is 380 g/mol. The lowest BCUT2D eigenvalue weighted by Crippen LogP contribution is -2.27. The first-order valence-corrected chi connectivity index (χ1v) is 10.3. The summed E-state index contributed by atoms with van der Waals surface area (Å²) < 4.78 is 0. The summed E-state index contributed by atoms with van der Waals surface area (Å²) in [6.07, 6.45) is 11.9. The maximum absolute atomic E-state index is 6.69. The molecule has 0 spiro atoms. The molecule has 1 atom stereocenters. The number of benzene rings is 2. The Bertz CT molecular complexity index is 1010. The summed E-state index contributed by atoms with van der Waals surface area (Å²) >= 11 is 0. The Morgan fingerprint density at radius 2 is 1.72 bits per heavy atom. The van der Waals surface area contributed by atoms with Crippen molar-refractivity contribution in [2.24, 2.45) is 5.73 Å². The van der Waals surface area contributed by atoms with Gasteiger partial charge in [0.15, 0.2) is 0 Å². The lowest BCUT2D eigenvalue weighted by molar-refractivity contribution is 0.733. The predicted molar refractivity (Wildman–Crippen MR) is 123 cm³/mol. The highest BCUT2D eigenvalue weighted by atomic mass is 15.2. The molecule has 2 aromatic rings. The standard InChI is InChI=1S/C27H28N2/c1-20(2)29(23-16-10-5-11-17-23)27-19-25(22-14-8-4-9-15-22)24(18-26(27)28)21-12-6-3-7-13-21/h3-8,10-14,16-17,19,24H,1,9,15,18,28H2,2H3. The fourth-order valence-corrected chi connectivity index (χ4v) is 4.27. The van der Waals surface area contributed by atoms with Crippen molar-refractivity contribution in [1.82, 2.24) is 0 Å². The van der Waals surface area contributed by atoms with Gasteiger partial charge in [0.25, 0.3) is 0 Å². The van der Waals surface area contributed by atoms with Crippen LogP contribution in [0.4, 0.5) is 5.69 Å². The number of nitrogens with two attached hydrogens (primary N) is 1. The van der Waals surface area contributed by atoms with Crippen LogP contribution in [0.5, 0.6) is 0 Å². The molecule has 0 radical (unpaired) electrons. The molecule has 1 unspecified atom stereocenters. The van der Waals surface area contributed by atoms with Gasteiger partial charge in [-0.05, 0) is 61.1 Å². The van der Waals surface area contributed by atoms with Crippen LogP contribution >= 0.6 is 0 Å². The smallest absolute Gasteiger partial charge is 0.0648 e. The first kappa shape index (κ1) is 19.1. The van der Waals surface area contributed by atoms with Crippen LogP contribution in [-0.2, 0) is 0 Å². The van der Waals surface area contributed by atoms with Gasteiger partial charge in [-0.2, -0.15) is 0 Å². The van der Waals surface area contributed by atoms with Crippen LogP contribution in [-0.4, -0.2) is 0 Å². The van der Waals surface area contributed by atoms with Crippen molar-refractivity contribution in [3.05, 3.63) is 125 Å². The molecule has 4 rings (SSSR count). The maximum atomic E-state index is 6.69. The van der Waals surface area contributed by atoms with Crippen LogP contribution in [0.1, 0.15) is 37.7 Å². The van der Waals surface area contributed by atoms with E-state index in [1.54, 1.807) is 0 Å². The Morgan fingerprint density at radius 1 is 1.03 bits per heavy atom. The zero-order valence-corrected chi connectivity index (χ0v) is 17.0. The fourth-order valence-electron chi connectivity index (χ4n) is 4.27. The normalized spacial score (nSPS) is 18.9. The second kappa shape index (κ2) is 8.40. The van der Waals surface area contributed by atoms with Gasteiger partial charge in [0.05, 0.1) is 5.70 Å². The van der Waals surface area contributed by atoms with Crippen LogP contribution in [0, 0.1) is 0 Å². The number of rotatable bonds is 5. The lowest BCUT2D eigenvalue weighted by atomic mass is 9.77. The van der Waals surface area contributed by atoms with Gasteiger partial charge in [0, 0.05) is 23.0 Å². The summed E-state index contributed by atoms with van der Waals surface area (Å²) in [5, 5.41) is 0. The molecule has 2 heteroatoms. The zero-order chi connectivity index (χ0) is 20.2.